The van der Waals surface area contributed by atoms with Crippen molar-refractivity contribution in [1.82, 2.24) is 15.5 Å². The molecule has 1 saturated carbocycles. The fourth-order valence-corrected chi connectivity index (χ4v) is 3.59. The minimum absolute atomic E-state index is 0.0217. The van der Waals surface area contributed by atoms with Crippen LogP contribution in [-0.4, -0.2) is 41.4 Å². The van der Waals surface area contributed by atoms with Crippen LogP contribution < -0.4 is 15.4 Å². The molecule has 2 aliphatic rings. The fourth-order valence-electron chi connectivity index (χ4n) is 3.59. The second-order valence-corrected chi connectivity index (χ2v) is 6.85. The van der Waals surface area contributed by atoms with Gasteiger partial charge >= 0.3 is 12.6 Å². The summed E-state index contributed by atoms with van der Waals surface area (Å²) in [5.74, 6) is -0.802. The number of amides is 4. The molecule has 146 valence electrons. The number of nitrogens with zero attached hydrogens (tertiary/aromatic N) is 1. The lowest BCUT2D eigenvalue weighted by Gasteiger charge is -2.20. The summed E-state index contributed by atoms with van der Waals surface area (Å²) < 4.78 is 28.6. The number of imide groups is 1. The molecule has 7 nitrogen and oxygen atoms in total. The van der Waals surface area contributed by atoms with E-state index in [1.54, 1.807) is 19.1 Å². The minimum atomic E-state index is -2.90. The zero-order valence-electron chi connectivity index (χ0n) is 14.8. The predicted molar refractivity (Wildman–Crippen MR) is 91.1 cm³/mol. The number of halogens is 2. The zero-order chi connectivity index (χ0) is 19.6. The van der Waals surface area contributed by atoms with Crippen molar-refractivity contribution in [2.24, 2.45) is 0 Å². The number of nitrogens with one attached hydrogen (secondary N) is 2. The van der Waals surface area contributed by atoms with Crippen LogP contribution in [0.1, 0.15) is 44.2 Å². The molecule has 1 aromatic rings. The predicted octanol–water partition coefficient (Wildman–Crippen LogP) is 2.33. The molecule has 2 fully saturated rings. The number of rotatable bonds is 6. The number of carbonyl (C=O) groups excluding carboxylic acids is 3. The standard InChI is InChI=1S/C18H21F2N3O4/c1-11(12-4-6-13(7-5-12)27-16(19)20)21-14(24)10-23-15(25)18(22-17(23)26)8-2-3-9-18/h4-7,11,16H,2-3,8-10H2,1H3,(H,21,24)(H,22,26). The van der Waals surface area contributed by atoms with Crippen LogP contribution in [0.5, 0.6) is 5.75 Å². The molecule has 27 heavy (non-hydrogen) atoms. The van der Waals surface area contributed by atoms with Gasteiger partial charge in [0.25, 0.3) is 5.91 Å². The number of hydrogen-bond donors (Lipinski definition) is 2. The van der Waals surface area contributed by atoms with Crippen molar-refractivity contribution >= 4 is 17.8 Å². The second-order valence-electron chi connectivity index (χ2n) is 6.85. The molecule has 1 atom stereocenters. The molecular weight excluding hydrogens is 360 g/mol. The molecule has 0 radical (unpaired) electrons. The minimum Gasteiger partial charge on any atom is -0.435 e. The van der Waals surface area contributed by atoms with Crippen molar-refractivity contribution in [2.75, 3.05) is 6.54 Å². The van der Waals surface area contributed by atoms with E-state index in [1.165, 1.54) is 12.1 Å². The maximum atomic E-state index is 12.5. The third-order valence-electron chi connectivity index (χ3n) is 4.99. The summed E-state index contributed by atoms with van der Waals surface area (Å²) in [5, 5.41) is 5.43. The lowest BCUT2D eigenvalue weighted by Crippen LogP contribution is -2.45. The van der Waals surface area contributed by atoms with Crippen molar-refractivity contribution in [3.05, 3.63) is 29.8 Å². The van der Waals surface area contributed by atoms with Gasteiger partial charge in [-0.1, -0.05) is 25.0 Å². The Bertz CT molecular complexity index is 733. The first kappa shape index (κ1) is 19.1. The van der Waals surface area contributed by atoms with Crippen LogP contribution in [0, 0.1) is 0 Å². The van der Waals surface area contributed by atoms with Crippen LogP contribution in [0.25, 0.3) is 0 Å². The molecule has 1 saturated heterocycles. The van der Waals surface area contributed by atoms with Gasteiger partial charge in [-0.25, -0.2) is 4.79 Å². The molecule has 0 bridgehead atoms. The van der Waals surface area contributed by atoms with Crippen LogP contribution in [0.3, 0.4) is 0 Å². The molecule has 0 aromatic heterocycles. The Kier molecular flexibility index (Phi) is 5.29. The average molecular weight is 381 g/mol. The molecule has 3 rings (SSSR count). The topological polar surface area (TPSA) is 87.7 Å². The summed E-state index contributed by atoms with van der Waals surface area (Å²) >= 11 is 0. The molecule has 4 amide bonds. The maximum absolute atomic E-state index is 12.5. The Labute approximate surface area is 155 Å². The molecule has 1 unspecified atom stereocenters. The lowest BCUT2D eigenvalue weighted by molar-refractivity contribution is -0.135. The van der Waals surface area contributed by atoms with E-state index in [0.717, 1.165) is 17.7 Å². The van der Waals surface area contributed by atoms with Gasteiger partial charge in [0, 0.05) is 0 Å². The van der Waals surface area contributed by atoms with Crippen LogP contribution in [0.2, 0.25) is 0 Å². The van der Waals surface area contributed by atoms with E-state index in [0.29, 0.717) is 18.4 Å². The fraction of sp³-hybridized carbons (Fsp3) is 0.500. The first-order valence-electron chi connectivity index (χ1n) is 8.79. The number of hydrogen-bond acceptors (Lipinski definition) is 4. The van der Waals surface area contributed by atoms with Crippen molar-refractivity contribution in [3.8, 4) is 5.75 Å². The van der Waals surface area contributed by atoms with E-state index < -0.39 is 30.1 Å². The molecule has 1 aliphatic carbocycles. The van der Waals surface area contributed by atoms with Crippen molar-refractivity contribution in [3.63, 3.8) is 0 Å². The van der Waals surface area contributed by atoms with Crippen LogP contribution >= 0.6 is 0 Å². The highest BCUT2D eigenvalue weighted by Crippen LogP contribution is 2.34. The summed E-state index contributed by atoms with van der Waals surface area (Å²) in [6, 6.07) is 4.91. The molecule has 2 N–H and O–H groups in total. The van der Waals surface area contributed by atoms with E-state index >= 15 is 0 Å². The number of ether oxygens (including phenoxy) is 1. The summed E-state index contributed by atoms with van der Waals surface area (Å²) in [6.45, 7) is -1.55. The normalized spacial score (nSPS) is 19.5. The van der Waals surface area contributed by atoms with Gasteiger partial charge in [0.1, 0.15) is 17.8 Å². The van der Waals surface area contributed by atoms with E-state index in [1.807, 2.05) is 0 Å². The molecule has 1 spiro atoms. The Morgan fingerprint density at radius 1 is 1.26 bits per heavy atom. The Morgan fingerprint density at radius 3 is 2.48 bits per heavy atom. The smallest absolute Gasteiger partial charge is 0.387 e. The number of benzene rings is 1. The van der Waals surface area contributed by atoms with Crippen molar-refractivity contribution in [2.45, 2.75) is 50.8 Å². The van der Waals surface area contributed by atoms with Gasteiger partial charge in [0.05, 0.1) is 6.04 Å². The molecular formula is C18H21F2N3O4. The van der Waals surface area contributed by atoms with Crippen molar-refractivity contribution < 1.29 is 27.9 Å². The maximum Gasteiger partial charge on any atom is 0.387 e. The summed E-state index contributed by atoms with van der Waals surface area (Å²) in [6.07, 6.45) is 2.93. The Morgan fingerprint density at radius 2 is 1.89 bits per heavy atom. The highest BCUT2D eigenvalue weighted by molar-refractivity contribution is 6.09. The van der Waals surface area contributed by atoms with Gasteiger partial charge in [-0.05, 0) is 37.5 Å². The molecule has 1 aromatic carbocycles. The number of urea groups is 1. The van der Waals surface area contributed by atoms with Crippen LogP contribution in [-0.2, 0) is 9.59 Å². The Hall–Kier alpha value is -2.71. The van der Waals surface area contributed by atoms with Gasteiger partial charge in [0.15, 0.2) is 0 Å². The van der Waals surface area contributed by atoms with Crippen LogP contribution in [0.15, 0.2) is 24.3 Å². The molecule has 1 aliphatic heterocycles. The first-order valence-corrected chi connectivity index (χ1v) is 8.79. The largest absolute Gasteiger partial charge is 0.435 e. The summed E-state index contributed by atoms with van der Waals surface area (Å²) in [4.78, 5) is 37.9. The third-order valence-corrected chi connectivity index (χ3v) is 4.99. The van der Waals surface area contributed by atoms with E-state index in [4.69, 9.17) is 0 Å². The highest BCUT2D eigenvalue weighted by atomic mass is 19.3. The monoisotopic (exact) mass is 381 g/mol. The van der Waals surface area contributed by atoms with E-state index in [-0.39, 0.29) is 18.2 Å². The van der Waals surface area contributed by atoms with Gasteiger partial charge in [-0.3, -0.25) is 14.5 Å². The molecule has 1 heterocycles. The van der Waals surface area contributed by atoms with Crippen LogP contribution in [0.4, 0.5) is 13.6 Å². The SMILES string of the molecule is CC(NC(=O)CN1C(=O)NC2(CCCC2)C1=O)c1ccc(OC(F)F)cc1. The second kappa shape index (κ2) is 7.50. The van der Waals surface area contributed by atoms with Gasteiger partial charge in [-0.2, -0.15) is 8.78 Å². The third kappa shape index (κ3) is 4.01. The van der Waals surface area contributed by atoms with E-state index in [9.17, 15) is 23.2 Å². The average Bonchev–Trinajstić information content (AvgIpc) is 3.16. The van der Waals surface area contributed by atoms with Gasteiger partial charge < -0.3 is 15.4 Å². The first-order chi connectivity index (χ1) is 12.8. The highest BCUT2D eigenvalue weighted by Gasteiger charge is 2.52. The van der Waals surface area contributed by atoms with Gasteiger partial charge in [0.2, 0.25) is 5.91 Å². The summed E-state index contributed by atoms with van der Waals surface area (Å²) in [5.41, 5.74) is -0.168. The molecule has 9 heteroatoms. The van der Waals surface area contributed by atoms with Gasteiger partial charge in [-0.15, -0.1) is 0 Å². The Balaban J connectivity index is 1.57. The van der Waals surface area contributed by atoms with E-state index in [2.05, 4.69) is 15.4 Å². The van der Waals surface area contributed by atoms with Crippen molar-refractivity contribution in [1.29, 1.82) is 0 Å². The number of carbonyl (C=O) groups is 3. The zero-order valence-corrected chi connectivity index (χ0v) is 14.8. The quantitative estimate of drug-likeness (QED) is 0.741. The lowest BCUT2D eigenvalue weighted by atomic mass is 9.98. The number of alkyl halides is 2. The summed E-state index contributed by atoms with van der Waals surface area (Å²) in [7, 11) is 0.